The number of rotatable bonds is 4. The standard InChI is InChI=1S/C16H14N4O2S.BrH/c17-16-19(10-12-6-8-14(9-7-12)20(21)22)18-15(11-23-16)13-4-2-1-3-5-13;/h1-9,17H,10-11H2;1H. The monoisotopic (exact) mass is 406 g/mol. The number of hydrazone groups is 1. The smallest absolute Gasteiger partial charge is 0.269 e. The Morgan fingerprint density at radius 1 is 1.17 bits per heavy atom. The lowest BCUT2D eigenvalue weighted by Crippen LogP contribution is -2.30. The summed E-state index contributed by atoms with van der Waals surface area (Å²) in [6, 6.07) is 16.2. The van der Waals surface area contributed by atoms with Gasteiger partial charge in [0.2, 0.25) is 0 Å². The van der Waals surface area contributed by atoms with Crippen LogP contribution in [0.25, 0.3) is 0 Å². The van der Waals surface area contributed by atoms with Crippen LogP contribution in [0.2, 0.25) is 0 Å². The van der Waals surface area contributed by atoms with Gasteiger partial charge in [0.15, 0.2) is 5.17 Å². The van der Waals surface area contributed by atoms with E-state index in [0.29, 0.717) is 17.5 Å². The van der Waals surface area contributed by atoms with Crippen molar-refractivity contribution in [3.8, 4) is 0 Å². The summed E-state index contributed by atoms with van der Waals surface area (Å²) >= 11 is 1.43. The number of halogens is 1. The van der Waals surface area contributed by atoms with Gasteiger partial charge in [-0.25, -0.2) is 5.01 Å². The Morgan fingerprint density at radius 2 is 1.83 bits per heavy atom. The molecular weight excluding hydrogens is 392 g/mol. The van der Waals surface area contributed by atoms with Gasteiger partial charge in [0.1, 0.15) is 0 Å². The summed E-state index contributed by atoms with van der Waals surface area (Å²) in [5.41, 5.74) is 2.90. The highest BCUT2D eigenvalue weighted by Crippen LogP contribution is 2.21. The highest BCUT2D eigenvalue weighted by molar-refractivity contribution is 8.93. The number of amidine groups is 1. The molecule has 0 saturated heterocycles. The zero-order chi connectivity index (χ0) is 16.2. The summed E-state index contributed by atoms with van der Waals surface area (Å²) in [6.07, 6.45) is 0. The van der Waals surface area contributed by atoms with Crippen LogP contribution in [0.15, 0.2) is 59.7 Å². The van der Waals surface area contributed by atoms with E-state index in [2.05, 4.69) is 5.10 Å². The van der Waals surface area contributed by atoms with E-state index in [1.54, 1.807) is 17.1 Å². The molecule has 1 aliphatic heterocycles. The van der Waals surface area contributed by atoms with Crippen molar-refractivity contribution in [2.75, 3.05) is 5.75 Å². The van der Waals surface area contributed by atoms with Crippen LogP contribution in [0.3, 0.4) is 0 Å². The van der Waals surface area contributed by atoms with Crippen LogP contribution in [0.5, 0.6) is 0 Å². The van der Waals surface area contributed by atoms with Gasteiger partial charge in [-0.1, -0.05) is 54.2 Å². The molecule has 2 aromatic rings. The van der Waals surface area contributed by atoms with Gasteiger partial charge >= 0.3 is 0 Å². The van der Waals surface area contributed by atoms with Crippen molar-refractivity contribution in [3.63, 3.8) is 0 Å². The molecule has 1 N–H and O–H groups in total. The molecule has 124 valence electrons. The molecule has 1 aliphatic rings. The second kappa shape index (κ2) is 8.07. The van der Waals surface area contributed by atoms with Crippen molar-refractivity contribution in [2.45, 2.75) is 6.54 Å². The molecule has 3 rings (SSSR count). The molecule has 0 aromatic heterocycles. The molecule has 0 saturated carbocycles. The van der Waals surface area contributed by atoms with Crippen LogP contribution in [-0.2, 0) is 6.54 Å². The second-order valence-corrected chi connectivity index (χ2v) is 5.95. The maximum Gasteiger partial charge on any atom is 0.269 e. The van der Waals surface area contributed by atoms with Crippen molar-refractivity contribution < 1.29 is 4.92 Å². The van der Waals surface area contributed by atoms with Crippen molar-refractivity contribution >= 4 is 45.3 Å². The maximum absolute atomic E-state index is 10.7. The lowest BCUT2D eigenvalue weighted by Gasteiger charge is -2.25. The Hall–Kier alpha value is -2.19. The van der Waals surface area contributed by atoms with Gasteiger partial charge in [0, 0.05) is 17.9 Å². The zero-order valence-corrected chi connectivity index (χ0v) is 15.1. The summed E-state index contributed by atoms with van der Waals surface area (Å²) in [6.45, 7) is 0.417. The van der Waals surface area contributed by atoms with Crippen LogP contribution in [0.1, 0.15) is 11.1 Å². The largest absolute Gasteiger partial charge is 0.277 e. The lowest BCUT2D eigenvalue weighted by molar-refractivity contribution is -0.384. The zero-order valence-electron chi connectivity index (χ0n) is 12.6. The number of nitrogens with zero attached hydrogens (tertiary/aromatic N) is 3. The van der Waals surface area contributed by atoms with E-state index in [-0.39, 0.29) is 22.7 Å². The van der Waals surface area contributed by atoms with Crippen LogP contribution in [0.4, 0.5) is 5.69 Å². The number of hydrogen-bond donors (Lipinski definition) is 1. The van der Waals surface area contributed by atoms with E-state index < -0.39 is 4.92 Å². The molecule has 1 heterocycles. The van der Waals surface area contributed by atoms with E-state index in [1.807, 2.05) is 30.3 Å². The first-order valence-electron chi connectivity index (χ1n) is 6.98. The summed E-state index contributed by atoms with van der Waals surface area (Å²) < 4.78 is 0. The molecule has 24 heavy (non-hydrogen) atoms. The van der Waals surface area contributed by atoms with Crippen molar-refractivity contribution in [1.82, 2.24) is 5.01 Å². The number of benzene rings is 2. The topological polar surface area (TPSA) is 82.6 Å². The summed E-state index contributed by atoms with van der Waals surface area (Å²) in [5, 5.41) is 25.3. The highest BCUT2D eigenvalue weighted by atomic mass is 79.9. The van der Waals surface area contributed by atoms with E-state index in [0.717, 1.165) is 16.8 Å². The molecule has 0 radical (unpaired) electrons. The summed E-state index contributed by atoms with van der Waals surface area (Å²) in [4.78, 5) is 10.3. The quantitative estimate of drug-likeness (QED) is 0.612. The van der Waals surface area contributed by atoms with Gasteiger partial charge in [-0.3, -0.25) is 15.5 Å². The van der Waals surface area contributed by atoms with Crippen molar-refractivity contribution in [1.29, 1.82) is 5.41 Å². The predicted molar refractivity (Wildman–Crippen MR) is 102 cm³/mol. The van der Waals surface area contributed by atoms with Crippen LogP contribution < -0.4 is 0 Å². The minimum Gasteiger partial charge on any atom is -0.277 e. The fourth-order valence-electron chi connectivity index (χ4n) is 2.21. The second-order valence-electron chi connectivity index (χ2n) is 4.99. The Bertz CT molecular complexity index is 765. The highest BCUT2D eigenvalue weighted by Gasteiger charge is 2.19. The minimum absolute atomic E-state index is 0. The fourth-order valence-corrected chi connectivity index (χ4v) is 2.96. The molecule has 0 bridgehead atoms. The summed E-state index contributed by atoms with van der Waals surface area (Å²) in [5.74, 6) is 0.666. The van der Waals surface area contributed by atoms with Gasteiger partial charge in [0.25, 0.3) is 5.69 Å². The fraction of sp³-hybridized carbons (Fsp3) is 0.125. The SMILES string of the molecule is Br.N=C1SCC(c2ccccc2)=NN1Cc1ccc([N+](=O)[O-])cc1. The third-order valence-corrected chi connectivity index (χ3v) is 4.31. The number of nitrogens with one attached hydrogen (secondary N) is 1. The predicted octanol–water partition coefficient (Wildman–Crippen LogP) is 4.06. The average Bonchev–Trinajstić information content (AvgIpc) is 2.58. The Morgan fingerprint density at radius 3 is 2.46 bits per heavy atom. The first kappa shape index (κ1) is 18.2. The lowest BCUT2D eigenvalue weighted by atomic mass is 10.1. The van der Waals surface area contributed by atoms with Gasteiger partial charge in [-0.15, -0.1) is 17.0 Å². The molecule has 0 unspecified atom stereocenters. The van der Waals surface area contributed by atoms with Crippen LogP contribution in [-0.4, -0.2) is 26.6 Å². The molecule has 0 spiro atoms. The first-order valence-corrected chi connectivity index (χ1v) is 7.97. The van der Waals surface area contributed by atoms with Crippen molar-refractivity contribution in [3.05, 3.63) is 75.8 Å². The Labute approximate surface area is 154 Å². The summed E-state index contributed by atoms with van der Waals surface area (Å²) in [7, 11) is 0. The number of hydrogen-bond acceptors (Lipinski definition) is 5. The number of nitro groups is 1. The Kier molecular flexibility index (Phi) is 6.10. The Balaban J connectivity index is 0.00000208. The third kappa shape index (κ3) is 4.21. The molecule has 8 heteroatoms. The minimum atomic E-state index is -0.422. The van der Waals surface area contributed by atoms with E-state index >= 15 is 0 Å². The maximum atomic E-state index is 10.7. The van der Waals surface area contributed by atoms with Gasteiger partial charge < -0.3 is 0 Å². The average molecular weight is 407 g/mol. The van der Waals surface area contributed by atoms with Gasteiger partial charge in [-0.2, -0.15) is 5.10 Å². The molecule has 0 fully saturated rings. The first-order chi connectivity index (χ1) is 11.1. The van der Waals surface area contributed by atoms with E-state index in [9.17, 15) is 10.1 Å². The molecule has 0 amide bonds. The number of nitro benzene ring substituents is 1. The normalized spacial score (nSPS) is 13.9. The van der Waals surface area contributed by atoms with E-state index in [4.69, 9.17) is 5.41 Å². The van der Waals surface area contributed by atoms with Crippen LogP contribution in [0, 0.1) is 15.5 Å². The van der Waals surface area contributed by atoms with Gasteiger partial charge in [-0.05, 0) is 11.1 Å². The number of non-ortho nitro benzene ring substituents is 1. The molecule has 0 aliphatic carbocycles. The molecule has 2 aromatic carbocycles. The van der Waals surface area contributed by atoms with Gasteiger partial charge in [0.05, 0.1) is 17.2 Å². The third-order valence-electron chi connectivity index (χ3n) is 3.41. The van der Waals surface area contributed by atoms with Crippen molar-refractivity contribution in [2.24, 2.45) is 5.10 Å². The number of thioether (sulfide) groups is 1. The van der Waals surface area contributed by atoms with E-state index in [1.165, 1.54) is 23.9 Å². The molecule has 0 atom stereocenters. The molecular formula is C16H15BrN4O2S. The molecule has 6 nitrogen and oxygen atoms in total. The van der Waals surface area contributed by atoms with Crippen LogP contribution >= 0.6 is 28.7 Å².